The maximum atomic E-state index is 11.4. The highest BCUT2D eigenvalue weighted by Crippen LogP contribution is 2.35. The first kappa shape index (κ1) is 16.3. The van der Waals surface area contributed by atoms with Gasteiger partial charge in [0.15, 0.2) is 9.84 Å². The highest BCUT2D eigenvalue weighted by Gasteiger charge is 2.27. The summed E-state index contributed by atoms with van der Waals surface area (Å²) in [6, 6.07) is 0.825. The van der Waals surface area contributed by atoms with Crippen LogP contribution in [0.1, 0.15) is 18.0 Å². The van der Waals surface area contributed by atoms with Crippen LogP contribution in [0.3, 0.4) is 0 Å². The number of carbonyl (C=O) groups excluding carboxylic acids is 1. The second-order valence-corrected chi connectivity index (χ2v) is 6.57. The normalized spacial score (nSPS) is 12.9. The highest BCUT2D eigenvalue weighted by molar-refractivity contribution is 7.90. The summed E-state index contributed by atoms with van der Waals surface area (Å²) in [5.41, 5.74) is 9.95. The number of hydrogen-bond acceptors (Lipinski definition) is 6. The Balaban J connectivity index is 3.53. The number of nitrogens with zero attached hydrogens (tertiary/aromatic N) is 1. The van der Waals surface area contributed by atoms with Gasteiger partial charge >= 0.3 is 0 Å². The van der Waals surface area contributed by atoms with Crippen molar-refractivity contribution in [2.75, 3.05) is 6.26 Å². The first-order chi connectivity index (χ1) is 9.04. The number of primary amides is 1. The molecule has 0 aliphatic rings. The summed E-state index contributed by atoms with van der Waals surface area (Å²) in [6.07, 6.45) is 0.546. The lowest BCUT2D eigenvalue weighted by molar-refractivity contribution is -0.385. The van der Waals surface area contributed by atoms with Crippen LogP contribution in [0.5, 0.6) is 0 Å². The summed E-state index contributed by atoms with van der Waals surface area (Å²) in [6.45, 7) is 0. The number of carbonyl (C=O) groups is 1. The van der Waals surface area contributed by atoms with Crippen molar-refractivity contribution in [2.24, 2.45) is 11.5 Å². The lowest BCUT2D eigenvalue weighted by Crippen LogP contribution is -2.22. The Bertz CT molecular complexity index is 674. The van der Waals surface area contributed by atoms with Crippen molar-refractivity contribution < 1.29 is 18.1 Å². The van der Waals surface area contributed by atoms with Crippen molar-refractivity contribution in [3.63, 3.8) is 0 Å². The fourth-order valence-corrected chi connectivity index (χ4v) is 2.71. The molecular formula is C10H12ClN3O5S. The van der Waals surface area contributed by atoms with Crippen molar-refractivity contribution in [1.82, 2.24) is 0 Å². The lowest BCUT2D eigenvalue weighted by Gasteiger charge is -2.13. The van der Waals surface area contributed by atoms with Crippen LogP contribution in [-0.4, -0.2) is 25.5 Å². The number of nitrogens with two attached hydrogens (primary N) is 2. The molecule has 110 valence electrons. The Hall–Kier alpha value is -1.71. The molecule has 0 spiro atoms. The zero-order valence-electron chi connectivity index (χ0n) is 10.4. The molecule has 0 fully saturated rings. The van der Waals surface area contributed by atoms with E-state index in [1.165, 1.54) is 0 Å². The van der Waals surface area contributed by atoms with E-state index in [2.05, 4.69) is 0 Å². The zero-order valence-corrected chi connectivity index (χ0v) is 11.9. The van der Waals surface area contributed by atoms with Crippen molar-refractivity contribution in [3.05, 3.63) is 32.8 Å². The van der Waals surface area contributed by atoms with Crippen LogP contribution in [-0.2, 0) is 14.6 Å². The quantitative estimate of drug-likeness (QED) is 0.597. The first-order valence-corrected chi connectivity index (χ1v) is 7.52. The van der Waals surface area contributed by atoms with Gasteiger partial charge in [-0.2, -0.15) is 0 Å². The van der Waals surface area contributed by atoms with Gasteiger partial charge in [0, 0.05) is 24.8 Å². The van der Waals surface area contributed by atoms with Crippen LogP contribution in [0.25, 0.3) is 0 Å². The number of halogens is 1. The van der Waals surface area contributed by atoms with Crippen molar-refractivity contribution in [1.29, 1.82) is 0 Å². The average molecular weight is 322 g/mol. The summed E-state index contributed by atoms with van der Waals surface area (Å²) in [7, 11) is -3.67. The van der Waals surface area contributed by atoms with Crippen LogP contribution in [0.15, 0.2) is 17.0 Å². The van der Waals surface area contributed by atoms with Gasteiger partial charge in [0.1, 0.15) is 0 Å². The van der Waals surface area contributed by atoms with Crippen molar-refractivity contribution in [3.8, 4) is 0 Å². The lowest BCUT2D eigenvalue weighted by atomic mass is 10.0. The molecule has 1 aromatic rings. The fraction of sp³-hybridized carbons (Fsp3) is 0.300. The second kappa shape index (κ2) is 5.73. The van der Waals surface area contributed by atoms with E-state index in [9.17, 15) is 23.3 Å². The van der Waals surface area contributed by atoms with Crippen molar-refractivity contribution in [2.45, 2.75) is 17.4 Å². The third-order valence-corrected chi connectivity index (χ3v) is 3.90. The van der Waals surface area contributed by atoms with Gasteiger partial charge in [-0.05, 0) is 6.07 Å². The Morgan fingerprint density at radius 1 is 1.50 bits per heavy atom. The number of hydrogen-bond donors (Lipinski definition) is 2. The minimum Gasteiger partial charge on any atom is -0.370 e. The smallest absolute Gasteiger partial charge is 0.276 e. The average Bonchev–Trinajstić information content (AvgIpc) is 2.24. The maximum Gasteiger partial charge on any atom is 0.276 e. The topological polar surface area (TPSA) is 146 Å². The molecule has 0 saturated heterocycles. The molecule has 0 saturated carbocycles. The summed E-state index contributed by atoms with van der Waals surface area (Å²) >= 11 is 5.86. The van der Waals surface area contributed by atoms with E-state index in [1.807, 2.05) is 0 Å². The molecular weight excluding hydrogens is 310 g/mol. The van der Waals surface area contributed by atoms with E-state index in [4.69, 9.17) is 23.1 Å². The van der Waals surface area contributed by atoms with Crippen LogP contribution in [0.2, 0.25) is 5.02 Å². The molecule has 10 heteroatoms. The number of rotatable bonds is 5. The van der Waals surface area contributed by atoms with Gasteiger partial charge in [-0.15, -0.1) is 0 Å². The fourth-order valence-electron chi connectivity index (χ4n) is 1.63. The predicted molar refractivity (Wildman–Crippen MR) is 72.0 cm³/mol. The Morgan fingerprint density at radius 2 is 2.05 bits per heavy atom. The largest absolute Gasteiger partial charge is 0.370 e. The molecule has 1 unspecified atom stereocenters. The van der Waals surface area contributed by atoms with E-state index in [1.54, 1.807) is 0 Å². The SMILES string of the molecule is CS(=O)(=O)c1cc(Cl)c(C(N)CC(N)=O)c([N+](=O)[O-])c1. The van der Waals surface area contributed by atoms with Crippen LogP contribution >= 0.6 is 11.6 Å². The summed E-state index contributed by atoms with van der Waals surface area (Å²) in [5.74, 6) is -0.755. The van der Waals surface area contributed by atoms with Gasteiger partial charge in [0.2, 0.25) is 5.91 Å². The van der Waals surface area contributed by atoms with Crippen LogP contribution in [0, 0.1) is 10.1 Å². The molecule has 4 N–H and O–H groups in total. The van der Waals surface area contributed by atoms with E-state index in [0.717, 1.165) is 18.4 Å². The molecule has 0 aliphatic heterocycles. The molecule has 1 aromatic carbocycles. The molecule has 1 amide bonds. The molecule has 0 heterocycles. The molecule has 0 aliphatic carbocycles. The molecule has 20 heavy (non-hydrogen) atoms. The summed E-state index contributed by atoms with van der Waals surface area (Å²) in [5, 5.41) is 10.8. The van der Waals surface area contributed by atoms with E-state index in [0.29, 0.717) is 0 Å². The number of benzene rings is 1. The first-order valence-electron chi connectivity index (χ1n) is 5.25. The number of nitro groups is 1. The third-order valence-electron chi connectivity index (χ3n) is 2.50. The van der Waals surface area contributed by atoms with Gasteiger partial charge in [-0.3, -0.25) is 14.9 Å². The second-order valence-electron chi connectivity index (χ2n) is 4.14. The monoisotopic (exact) mass is 321 g/mol. The van der Waals surface area contributed by atoms with E-state index in [-0.39, 0.29) is 21.9 Å². The maximum absolute atomic E-state index is 11.4. The molecule has 8 nitrogen and oxygen atoms in total. The van der Waals surface area contributed by atoms with E-state index >= 15 is 0 Å². The predicted octanol–water partition coefficient (Wildman–Crippen LogP) is 0.527. The molecule has 0 bridgehead atoms. The van der Waals surface area contributed by atoms with Gasteiger partial charge in [-0.1, -0.05) is 11.6 Å². The molecule has 1 rings (SSSR count). The minimum absolute atomic E-state index is 0.122. The standard InChI is InChI=1S/C10H12ClN3O5S/c1-20(18,19)5-2-6(11)10(7(12)4-9(13)15)8(3-5)14(16)17/h2-3,7H,4,12H2,1H3,(H2,13,15). The molecule has 1 atom stereocenters. The Kier molecular flexibility index (Phi) is 4.69. The van der Waals surface area contributed by atoms with E-state index < -0.39 is 32.4 Å². The third kappa shape index (κ3) is 3.65. The van der Waals surface area contributed by atoms with Crippen molar-refractivity contribution >= 4 is 33.0 Å². The van der Waals surface area contributed by atoms with Gasteiger partial charge in [-0.25, -0.2) is 8.42 Å². The molecule has 0 aromatic heterocycles. The highest BCUT2D eigenvalue weighted by atomic mass is 35.5. The Labute approximate surface area is 119 Å². The summed E-state index contributed by atoms with van der Waals surface area (Å²) in [4.78, 5) is 20.7. The molecule has 0 radical (unpaired) electrons. The Morgan fingerprint density at radius 3 is 2.45 bits per heavy atom. The number of nitro benzene ring substituents is 1. The van der Waals surface area contributed by atoms with Gasteiger partial charge < -0.3 is 11.5 Å². The van der Waals surface area contributed by atoms with Crippen LogP contribution in [0.4, 0.5) is 5.69 Å². The number of amides is 1. The van der Waals surface area contributed by atoms with Crippen LogP contribution < -0.4 is 11.5 Å². The minimum atomic E-state index is -3.67. The zero-order chi connectivity index (χ0) is 15.7. The van der Waals surface area contributed by atoms with Gasteiger partial charge in [0.25, 0.3) is 5.69 Å². The number of sulfone groups is 1. The van der Waals surface area contributed by atoms with Gasteiger partial charge in [0.05, 0.1) is 20.4 Å². The summed E-state index contributed by atoms with van der Waals surface area (Å²) < 4.78 is 22.9.